The van der Waals surface area contributed by atoms with Crippen LogP contribution >= 0.6 is 24.0 Å². The molecule has 0 bridgehead atoms. The molecule has 1 rings (SSSR count). The number of hydrogen-bond acceptors (Lipinski definition) is 4. The predicted octanol–water partition coefficient (Wildman–Crippen LogP) is 0.558. The maximum Gasteiger partial charge on any atom is 0.236 e. The Morgan fingerprint density at radius 1 is 1.47 bits per heavy atom. The topological polar surface area (TPSA) is 49.6 Å². The third-order valence-corrected chi connectivity index (χ3v) is 5.29. The van der Waals surface area contributed by atoms with E-state index in [2.05, 4.69) is 11.2 Å². The molecule has 0 aromatic rings. The maximum absolute atomic E-state index is 11.6. The lowest BCUT2D eigenvalue weighted by Gasteiger charge is -2.40. The van der Waals surface area contributed by atoms with Gasteiger partial charge in [-0.2, -0.15) is 11.8 Å². The molecule has 0 unspecified atom stereocenters. The van der Waals surface area contributed by atoms with Crippen LogP contribution in [0.1, 0.15) is 12.8 Å². The van der Waals surface area contributed by atoms with Gasteiger partial charge in [0.05, 0.1) is 16.3 Å². The molecule has 1 aliphatic rings. The minimum atomic E-state index is -0.0625. The molecular formula is C11H21N3OS2. The van der Waals surface area contributed by atoms with E-state index in [0.29, 0.717) is 11.5 Å². The van der Waals surface area contributed by atoms with Crippen molar-refractivity contribution in [3.63, 3.8) is 0 Å². The lowest BCUT2D eigenvalue weighted by molar-refractivity contribution is -0.130. The van der Waals surface area contributed by atoms with Gasteiger partial charge in [0.15, 0.2) is 0 Å². The molecule has 1 amide bonds. The van der Waals surface area contributed by atoms with E-state index >= 15 is 0 Å². The molecule has 1 heterocycles. The molecule has 4 nitrogen and oxygen atoms in total. The molecular weight excluding hydrogens is 254 g/mol. The average Bonchev–Trinajstić information content (AvgIpc) is 2.29. The van der Waals surface area contributed by atoms with Crippen molar-refractivity contribution in [2.24, 2.45) is 5.73 Å². The number of piperidine rings is 1. The highest BCUT2D eigenvalue weighted by Crippen LogP contribution is 2.34. The molecule has 0 radical (unpaired) electrons. The van der Waals surface area contributed by atoms with Crippen LogP contribution in [0.4, 0.5) is 0 Å². The van der Waals surface area contributed by atoms with Crippen LogP contribution in [0.2, 0.25) is 0 Å². The summed E-state index contributed by atoms with van der Waals surface area (Å²) >= 11 is 6.90. The Kier molecular flexibility index (Phi) is 5.22. The molecule has 0 atom stereocenters. The zero-order valence-corrected chi connectivity index (χ0v) is 12.4. The van der Waals surface area contributed by atoms with Crippen molar-refractivity contribution in [2.75, 3.05) is 40.0 Å². The lowest BCUT2D eigenvalue weighted by Crippen LogP contribution is -2.51. The van der Waals surface area contributed by atoms with Gasteiger partial charge in [0.25, 0.3) is 0 Å². The summed E-state index contributed by atoms with van der Waals surface area (Å²) in [6, 6.07) is 0. The van der Waals surface area contributed by atoms with Gasteiger partial charge in [0.2, 0.25) is 5.91 Å². The highest BCUT2D eigenvalue weighted by molar-refractivity contribution is 8.02. The number of rotatable bonds is 4. The highest BCUT2D eigenvalue weighted by Gasteiger charge is 2.36. The first-order valence-electron chi connectivity index (χ1n) is 5.69. The quantitative estimate of drug-likeness (QED) is 0.760. The number of carbonyl (C=O) groups is 1. The van der Waals surface area contributed by atoms with Crippen molar-refractivity contribution in [3.05, 3.63) is 0 Å². The summed E-state index contributed by atoms with van der Waals surface area (Å²) in [5, 5.41) is 0. The summed E-state index contributed by atoms with van der Waals surface area (Å²) in [4.78, 5) is 16.0. The number of thiocarbonyl (C=S) groups is 1. The second kappa shape index (κ2) is 6.02. The van der Waals surface area contributed by atoms with Crippen LogP contribution < -0.4 is 5.73 Å². The van der Waals surface area contributed by atoms with Gasteiger partial charge in [-0.15, -0.1) is 0 Å². The summed E-state index contributed by atoms with van der Waals surface area (Å²) < 4.78 is -0.0625. The van der Waals surface area contributed by atoms with E-state index < -0.39 is 0 Å². The summed E-state index contributed by atoms with van der Waals surface area (Å²) in [6.45, 7) is 2.27. The second-order valence-electron chi connectivity index (χ2n) is 4.63. The normalized spacial score (nSPS) is 19.9. The van der Waals surface area contributed by atoms with Gasteiger partial charge >= 0.3 is 0 Å². The Bertz CT molecular complexity index is 299. The van der Waals surface area contributed by atoms with Crippen LogP contribution in [0.3, 0.4) is 0 Å². The first-order chi connectivity index (χ1) is 7.91. The molecule has 98 valence electrons. The Labute approximate surface area is 113 Å². The van der Waals surface area contributed by atoms with Crippen molar-refractivity contribution in [1.82, 2.24) is 9.80 Å². The standard InChI is InChI=1S/C11H21N3OS2/c1-13(2)9(15)8-14-6-4-11(17-3,5-7-14)10(12)16/h4-8H2,1-3H3,(H2,12,16). The molecule has 0 spiro atoms. The van der Waals surface area contributed by atoms with E-state index in [9.17, 15) is 4.79 Å². The Balaban J connectivity index is 2.50. The molecule has 1 fully saturated rings. The SMILES string of the molecule is CSC1(C(N)=S)CCN(CC(=O)N(C)C)CC1. The van der Waals surface area contributed by atoms with Gasteiger partial charge in [-0.3, -0.25) is 9.69 Å². The number of carbonyl (C=O) groups excluding carboxylic acids is 1. The lowest BCUT2D eigenvalue weighted by atomic mass is 9.95. The minimum absolute atomic E-state index is 0.0625. The average molecular weight is 275 g/mol. The van der Waals surface area contributed by atoms with Gasteiger partial charge in [-0.1, -0.05) is 12.2 Å². The second-order valence-corrected chi connectivity index (χ2v) is 6.26. The molecule has 2 N–H and O–H groups in total. The number of likely N-dealkylation sites (tertiary alicyclic amines) is 1. The van der Waals surface area contributed by atoms with E-state index in [-0.39, 0.29) is 10.7 Å². The highest BCUT2D eigenvalue weighted by atomic mass is 32.2. The van der Waals surface area contributed by atoms with Crippen LogP contribution in [0.15, 0.2) is 0 Å². The summed E-state index contributed by atoms with van der Waals surface area (Å²) in [5.41, 5.74) is 5.82. The van der Waals surface area contributed by atoms with Crippen molar-refractivity contribution in [1.29, 1.82) is 0 Å². The fourth-order valence-electron chi connectivity index (χ4n) is 1.96. The van der Waals surface area contributed by atoms with E-state index in [1.807, 2.05) is 0 Å². The Morgan fingerprint density at radius 2 is 2.00 bits per heavy atom. The van der Waals surface area contributed by atoms with E-state index in [0.717, 1.165) is 25.9 Å². The number of thioether (sulfide) groups is 1. The van der Waals surface area contributed by atoms with Gasteiger partial charge in [-0.05, 0) is 19.1 Å². The first kappa shape index (κ1) is 14.7. The number of nitrogens with zero attached hydrogens (tertiary/aromatic N) is 2. The molecule has 0 aromatic carbocycles. The Morgan fingerprint density at radius 3 is 2.35 bits per heavy atom. The fraction of sp³-hybridized carbons (Fsp3) is 0.818. The molecule has 17 heavy (non-hydrogen) atoms. The zero-order chi connectivity index (χ0) is 13.1. The summed E-state index contributed by atoms with van der Waals surface area (Å²) in [6.07, 6.45) is 3.92. The van der Waals surface area contributed by atoms with Crippen molar-refractivity contribution >= 4 is 34.9 Å². The van der Waals surface area contributed by atoms with Gasteiger partial charge < -0.3 is 10.6 Å². The number of nitrogens with two attached hydrogens (primary N) is 1. The van der Waals surface area contributed by atoms with E-state index in [4.69, 9.17) is 18.0 Å². The van der Waals surface area contributed by atoms with E-state index in [1.54, 1.807) is 30.8 Å². The maximum atomic E-state index is 11.6. The molecule has 0 saturated carbocycles. The van der Waals surface area contributed by atoms with Crippen LogP contribution in [0, 0.1) is 0 Å². The zero-order valence-electron chi connectivity index (χ0n) is 10.7. The minimum Gasteiger partial charge on any atom is -0.392 e. The van der Waals surface area contributed by atoms with Crippen molar-refractivity contribution < 1.29 is 4.79 Å². The largest absolute Gasteiger partial charge is 0.392 e. The fourth-order valence-corrected chi connectivity index (χ4v) is 3.20. The first-order valence-corrected chi connectivity index (χ1v) is 7.32. The molecule has 6 heteroatoms. The van der Waals surface area contributed by atoms with E-state index in [1.165, 1.54) is 0 Å². The van der Waals surface area contributed by atoms with Crippen LogP contribution in [0.5, 0.6) is 0 Å². The predicted molar refractivity (Wildman–Crippen MR) is 77.4 cm³/mol. The van der Waals surface area contributed by atoms with Crippen molar-refractivity contribution in [2.45, 2.75) is 17.6 Å². The third-order valence-electron chi connectivity index (χ3n) is 3.36. The summed E-state index contributed by atoms with van der Waals surface area (Å²) in [5.74, 6) is 0.150. The van der Waals surface area contributed by atoms with Gasteiger partial charge in [0, 0.05) is 27.2 Å². The van der Waals surface area contributed by atoms with Gasteiger partial charge in [-0.25, -0.2) is 0 Å². The third kappa shape index (κ3) is 3.56. The number of hydrogen-bond donors (Lipinski definition) is 1. The smallest absolute Gasteiger partial charge is 0.236 e. The van der Waals surface area contributed by atoms with Crippen LogP contribution in [-0.2, 0) is 4.79 Å². The number of amides is 1. The van der Waals surface area contributed by atoms with Crippen LogP contribution in [0.25, 0.3) is 0 Å². The van der Waals surface area contributed by atoms with Crippen molar-refractivity contribution in [3.8, 4) is 0 Å². The Hall–Kier alpha value is -0.330. The molecule has 0 aromatic heterocycles. The summed E-state index contributed by atoms with van der Waals surface area (Å²) in [7, 11) is 3.57. The van der Waals surface area contributed by atoms with Gasteiger partial charge in [0.1, 0.15) is 0 Å². The monoisotopic (exact) mass is 275 g/mol. The molecule has 1 aliphatic heterocycles. The van der Waals surface area contributed by atoms with Crippen LogP contribution in [-0.4, -0.2) is 65.4 Å². The number of likely N-dealkylation sites (N-methyl/N-ethyl adjacent to an activating group) is 1. The molecule has 0 aliphatic carbocycles. The molecule has 1 saturated heterocycles.